The summed E-state index contributed by atoms with van der Waals surface area (Å²) >= 11 is 8.85. The maximum atomic E-state index is 14.3. The van der Waals surface area contributed by atoms with Crippen molar-refractivity contribution in [3.8, 4) is 0 Å². The first-order valence-electron chi connectivity index (χ1n) is 6.92. The molecule has 0 spiro atoms. The van der Waals surface area contributed by atoms with Crippen LogP contribution in [0.15, 0.2) is 10.5 Å². The predicted molar refractivity (Wildman–Crippen MR) is 84.5 cm³/mol. The minimum Gasteiger partial charge on any atom is -0.254 e. The van der Waals surface area contributed by atoms with Gasteiger partial charge >= 0.3 is 0 Å². The average molecular weight is 392 g/mol. The molecule has 1 fully saturated rings. The summed E-state index contributed by atoms with van der Waals surface area (Å²) in [6.45, 7) is 4.84. The fraction of sp³-hybridized carbons (Fsp3) is 0.429. The summed E-state index contributed by atoms with van der Waals surface area (Å²) in [5.41, 5.74) is 3.83. The Morgan fingerprint density at radius 2 is 2.14 bits per heavy atom. The first kappa shape index (κ1) is 16.0. The number of benzene rings is 1. The Kier molecular flexibility index (Phi) is 4.33. The summed E-state index contributed by atoms with van der Waals surface area (Å²) in [6, 6.07) is 1.36. The van der Waals surface area contributed by atoms with Gasteiger partial charge in [0.05, 0.1) is 16.2 Å². The van der Waals surface area contributed by atoms with Crippen LogP contribution in [0.4, 0.5) is 8.78 Å². The van der Waals surface area contributed by atoms with Crippen LogP contribution in [-0.2, 0) is 0 Å². The zero-order chi connectivity index (χ0) is 16.0. The molecule has 1 saturated heterocycles. The second-order valence-electron chi connectivity index (χ2n) is 5.47. The maximum absolute atomic E-state index is 14.3. The Hall–Kier alpha value is -0.890. The van der Waals surface area contributed by atoms with E-state index >= 15 is 0 Å². The molecule has 8 heteroatoms. The number of hydrogen-bond donors (Lipinski definition) is 1. The summed E-state index contributed by atoms with van der Waals surface area (Å²) in [5.74, 6) is -1.44. The van der Waals surface area contributed by atoms with Crippen molar-refractivity contribution in [1.82, 2.24) is 20.4 Å². The lowest BCUT2D eigenvalue weighted by atomic mass is 10.0. The Labute approximate surface area is 140 Å². The lowest BCUT2D eigenvalue weighted by Crippen LogP contribution is -2.39. The van der Waals surface area contributed by atoms with Gasteiger partial charge in [-0.25, -0.2) is 23.8 Å². The molecule has 22 heavy (non-hydrogen) atoms. The Bertz CT molecular complexity index is 741. The molecule has 1 aromatic heterocycles. The van der Waals surface area contributed by atoms with E-state index in [1.165, 1.54) is 6.07 Å². The van der Waals surface area contributed by atoms with E-state index in [0.717, 1.165) is 13.0 Å². The number of halogens is 4. The van der Waals surface area contributed by atoms with Crippen LogP contribution in [0.1, 0.15) is 32.0 Å². The zero-order valence-electron chi connectivity index (χ0n) is 12.0. The third-order valence-corrected chi connectivity index (χ3v) is 4.65. The lowest BCUT2D eigenvalue weighted by molar-refractivity contribution is 0.140. The van der Waals surface area contributed by atoms with E-state index in [9.17, 15) is 8.78 Å². The van der Waals surface area contributed by atoms with E-state index in [4.69, 9.17) is 11.6 Å². The van der Waals surface area contributed by atoms with Gasteiger partial charge in [-0.2, -0.15) is 0 Å². The molecule has 3 rings (SSSR count). The fourth-order valence-electron chi connectivity index (χ4n) is 2.81. The van der Waals surface area contributed by atoms with Crippen molar-refractivity contribution in [3.05, 3.63) is 33.2 Å². The van der Waals surface area contributed by atoms with E-state index in [0.29, 0.717) is 11.1 Å². The van der Waals surface area contributed by atoms with Gasteiger partial charge in [-0.1, -0.05) is 0 Å². The molecule has 1 unspecified atom stereocenters. The summed E-state index contributed by atoms with van der Waals surface area (Å²) in [7, 11) is 0. The number of hydrogen-bond acceptors (Lipinski definition) is 4. The molecule has 2 aromatic rings. The molecular formula is C14H14BrClF2N4. The third-order valence-electron chi connectivity index (χ3n) is 3.75. The van der Waals surface area contributed by atoms with Crippen LogP contribution in [-0.4, -0.2) is 27.6 Å². The zero-order valence-corrected chi connectivity index (χ0v) is 14.3. The minimum absolute atomic E-state index is 0.0267. The fourth-order valence-corrected chi connectivity index (χ4v) is 3.29. The predicted octanol–water partition coefficient (Wildman–Crippen LogP) is 3.98. The topological polar surface area (TPSA) is 41.0 Å². The van der Waals surface area contributed by atoms with Gasteiger partial charge in [-0.05, 0) is 53.9 Å². The molecule has 4 nitrogen and oxygen atoms in total. The maximum Gasteiger partial charge on any atom is 0.223 e. The summed E-state index contributed by atoms with van der Waals surface area (Å²) < 4.78 is 28.0. The number of rotatable bonds is 2. The standard InChI is InChI=1S/C14H14BrClF2N4/c1-6(2)22-9(3-4-19-22)12-7-5-8(17)10(15)11(18)13(7)21-14(16)20-12/h5-6,9,19H,3-4H2,1-2H3. The number of aromatic nitrogens is 2. The molecule has 1 aliphatic heterocycles. The van der Waals surface area contributed by atoms with Crippen molar-refractivity contribution >= 4 is 38.4 Å². The van der Waals surface area contributed by atoms with E-state index < -0.39 is 11.6 Å². The molecule has 0 bridgehead atoms. The molecule has 1 N–H and O–H groups in total. The largest absolute Gasteiger partial charge is 0.254 e. The van der Waals surface area contributed by atoms with Gasteiger partial charge in [0.25, 0.3) is 0 Å². The Morgan fingerprint density at radius 1 is 1.41 bits per heavy atom. The monoisotopic (exact) mass is 390 g/mol. The van der Waals surface area contributed by atoms with Crippen molar-refractivity contribution in [2.24, 2.45) is 0 Å². The molecule has 0 aliphatic carbocycles. The van der Waals surface area contributed by atoms with Crippen LogP contribution in [0, 0.1) is 11.6 Å². The lowest BCUT2D eigenvalue weighted by Gasteiger charge is -2.28. The highest BCUT2D eigenvalue weighted by atomic mass is 79.9. The van der Waals surface area contributed by atoms with Crippen LogP contribution in [0.2, 0.25) is 5.28 Å². The van der Waals surface area contributed by atoms with Crippen LogP contribution >= 0.6 is 27.5 Å². The molecule has 1 aromatic carbocycles. The normalized spacial score (nSPS) is 19.5. The number of nitrogens with one attached hydrogen (secondary N) is 1. The quantitative estimate of drug-likeness (QED) is 0.621. The van der Waals surface area contributed by atoms with E-state index in [-0.39, 0.29) is 27.4 Å². The highest BCUT2D eigenvalue weighted by Gasteiger charge is 2.31. The van der Waals surface area contributed by atoms with Gasteiger partial charge in [0.1, 0.15) is 11.3 Å². The molecular weight excluding hydrogens is 378 g/mol. The number of hydrazine groups is 1. The molecule has 1 atom stereocenters. The Balaban J connectivity index is 2.25. The molecule has 0 saturated carbocycles. The van der Waals surface area contributed by atoms with Crippen LogP contribution in [0.25, 0.3) is 10.9 Å². The minimum atomic E-state index is -0.761. The molecule has 1 aliphatic rings. The van der Waals surface area contributed by atoms with Crippen LogP contribution in [0.5, 0.6) is 0 Å². The van der Waals surface area contributed by atoms with E-state index in [1.807, 2.05) is 18.9 Å². The van der Waals surface area contributed by atoms with Gasteiger partial charge in [-0.15, -0.1) is 0 Å². The smallest absolute Gasteiger partial charge is 0.223 e. The summed E-state index contributed by atoms with van der Waals surface area (Å²) in [6.07, 6.45) is 0.778. The molecule has 2 heterocycles. The molecule has 0 amide bonds. The van der Waals surface area contributed by atoms with Crippen LogP contribution < -0.4 is 5.43 Å². The van der Waals surface area contributed by atoms with Crippen molar-refractivity contribution in [3.63, 3.8) is 0 Å². The average Bonchev–Trinajstić information content (AvgIpc) is 2.95. The highest BCUT2D eigenvalue weighted by molar-refractivity contribution is 9.10. The highest BCUT2D eigenvalue weighted by Crippen LogP contribution is 2.35. The van der Waals surface area contributed by atoms with Crippen molar-refractivity contribution in [1.29, 1.82) is 0 Å². The van der Waals surface area contributed by atoms with E-state index in [1.54, 1.807) is 0 Å². The second kappa shape index (κ2) is 5.96. The second-order valence-corrected chi connectivity index (χ2v) is 6.61. The summed E-state index contributed by atoms with van der Waals surface area (Å²) in [4.78, 5) is 8.17. The number of nitrogens with zero attached hydrogens (tertiary/aromatic N) is 3. The first-order valence-corrected chi connectivity index (χ1v) is 8.09. The van der Waals surface area contributed by atoms with E-state index in [2.05, 4.69) is 31.3 Å². The summed E-state index contributed by atoms with van der Waals surface area (Å²) in [5, 5.41) is 2.33. The van der Waals surface area contributed by atoms with Crippen LogP contribution in [0.3, 0.4) is 0 Å². The van der Waals surface area contributed by atoms with Crippen molar-refractivity contribution in [2.75, 3.05) is 6.54 Å². The van der Waals surface area contributed by atoms with Crippen molar-refractivity contribution in [2.45, 2.75) is 32.4 Å². The SMILES string of the molecule is CC(C)N1NCCC1c1nc(Cl)nc2c(F)c(Br)c(F)cc12. The third kappa shape index (κ3) is 2.60. The van der Waals surface area contributed by atoms with Gasteiger partial charge in [-0.3, -0.25) is 5.43 Å². The van der Waals surface area contributed by atoms with Gasteiger partial charge < -0.3 is 0 Å². The Morgan fingerprint density at radius 3 is 2.82 bits per heavy atom. The van der Waals surface area contributed by atoms with Gasteiger partial charge in [0, 0.05) is 18.0 Å². The number of fused-ring (bicyclic) bond motifs is 1. The van der Waals surface area contributed by atoms with Gasteiger partial charge in [0.2, 0.25) is 5.28 Å². The van der Waals surface area contributed by atoms with Gasteiger partial charge in [0.15, 0.2) is 5.82 Å². The molecule has 0 radical (unpaired) electrons. The first-order chi connectivity index (χ1) is 10.4. The molecule has 118 valence electrons. The van der Waals surface area contributed by atoms with Crippen molar-refractivity contribution < 1.29 is 8.78 Å².